The molecule has 5 heteroatoms. The zero-order valence-corrected chi connectivity index (χ0v) is 7.75. The maximum absolute atomic E-state index is 8.34. The van der Waals surface area contributed by atoms with E-state index in [1.165, 1.54) is 13.8 Å². The molecule has 0 aliphatic heterocycles. The minimum atomic E-state index is -0.875. The van der Waals surface area contributed by atoms with Crippen LogP contribution in [0.5, 0.6) is 0 Å². The molecule has 0 heterocycles. The minimum absolute atomic E-state index is 0. The fraction of sp³-hybridized carbons (Fsp3) is 1.00. The Hall–Kier alpha value is 0.528. The molecule has 0 aromatic rings. The average Bonchev–Trinajstić information content (AvgIpc) is 1.27. The van der Waals surface area contributed by atoms with Gasteiger partial charge in [-0.15, -0.1) is 0 Å². The minimum Gasteiger partial charge on any atom is -0.368 e. The van der Waals surface area contributed by atoms with Crippen molar-refractivity contribution in [3.63, 3.8) is 0 Å². The second-order valence-corrected chi connectivity index (χ2v) is 1.33. The SMILES string of the molecule is CC(O)OC(C)O.N.[Pt]. The molecule has 0 aromatic carbocycles. The van der Waals surface area contributed by atoms with E-state index in [1.807, 2.05) is 0 Å². The van der Waals surface area contributed by atoms with Gasteiger partial charge in [0.15, 0.2) is 12.6 Å². The zero-order chi connectivity index (χ0) is 5.86. The van der Waals surface area contributed by atoms with Gasteiger partial charge in [-0.05, 0) is 13.8 Å². The van der Waals surface area contributed by atoms with Crippen molar-refractivity contribution in [3.05, 3.63) is 0 Å². The Morgan fingerprint density at radius 3 is 1.33 bits per heavy atom. The van der Waals surface area contributed by atoms with Gasteiger partial charge in [0.05, 0.1) is 0 Å². The predicted octanol–water partition coefficient (Wildman–Crippen LogP) is -0.161. The average molecular weight is 318 g/mol. The summed E-state index contributed by atoms with van der Waals surface area (Å²) in [5.41, 5.74) is 0. The Balaban J connectivity index is -0.000000180. The van der Waals surface area contributed by atoms with Crippen molar-refractivity contribution < 1.29 is 36.0 Å². The number of hydrogen-bond donors (Lipinski definition) is 3. The van der Waals surface area contributed by atoms with E-state index in [4.69, 9.17) is 10.2 Å². The van der Waals surface area contributed by atoms with Crippen LogP contribution in [0.3, 0.4) is 0 Å². The van der Waals surface area contributed by atoms with Crippen LogP contribution >= 0.6 is 0 Å². The molecule has 4 nitrogen and oxygen atoms in total. The van der Waals surface area contributed by atoms with Crippen molar-refractivity contribution in [2.45, 2.75) is 26.4 Å². The summed E-state index contributed by atoms with van der Waals surface area (Å²) in [7, 11) is 0. The first kappa shape index (κ1) is 16.3. The van der Waals surface area contributed by atoms with E-state index in [-0.39, 0.29) is 27.2 Å². The molecule has 0 saturated heterocycles. The molecule has 0 radical (unpaired) electrons. The van der Waals surface area contributed by atoms with Gasteiger partial charge >= 0.3 is 0 Å². The number of hydrogen-bond acceptors (Lipinski definition) is 4. The molecule has 0 aliphatic rings. The molecule has 0 rings (SSSR count). The zero-order valence-electron chi connectivity index (χ0n) is 5.48. The van der Waals surface area contributed by atoms with Gasteiger partial charge in [-0.25, -0.2) is 0 Å². The number of aliphatic hydroxyl groups excluding tert-OH is 2. The maximum atomic E-state index is 8.34. The summed E-state index contributed by atoms with van der Waals surface area (Å²) in [5, 5.41) is 16.7. The van der Waals surface area contributed by atoms with Crippen LogP contribution in [-0.4, -0.2) is 22.8 Å². The molecule has 5 N–H and O–H groups in total. The van der Waals surface area contributed by atoms with Crippen molar-refractivity contribution in [2.75, 3.05) is 0 Å². The number of rotatable bonds is 2. The molecule has 0 fully saturated rings. The molecule has 62 valence electrons. The Labute approximate surface area is 69.1 Å². The third-order valence-electron chi connectivity index (χ3n) is 0.394. The molecule has 0 aromatic heterocycles. The van der Waals surface area contributed by atoms with Crippen LogP contribution in [0.25, 0.3) is 0 Å². The molecule has 0 bridgehead atoms. The summed E-state index contributed by atoms with van der Waals surface area (Å²) in [4.78, 5) is 0. The van der Waals surface area contributed by atoms with Gasteiger partial charge in [0.1, 0.15) is 0 Å². The van der Waals surface area contributed by atoms with Crippen LogP contribution in [0.15, 0.2) is 0 Å². The molecule has 2 unspecified atom stereocenters. The van der Waals surface area contributed by atoms with Gasteiger partial charge in [0.2, 0.25) is 0 Å². The molecule has 0 spiro atoms. The fourth-order valence-electron chi connectivity index (χ4n) is 0.285. The van der Waals surface area contributed by atoms with Crippen LogP contribution in [0, 0.1) is 0 Å². The van der Waals surface area contributed by atoms with E-state index in [9.17, 15) is 0 Å². The van der Waals surface area contributed by atoms with Crippen LogP contribution in [-0.2, 0) is 25.8 Å². The van der Waals surface area contributed by atoms with Gasteiger partial charge < -0.3 is 21.1 Å². The summed E-state index contributed by atoms with van der Waals surface area (Å²) < 4.78 is 4.36. The third kappa shape index (κ3) is 17.7. The fourth-order valence-corrected chi connectivity index (χ4v) is 0.285. The Morgan fingerprint density at radius 2 is 1.33 bits per heavy atom. The largest absolute Gasteiger partial charge is 0.368 e. The molecule has 0 aliphatic carbocycles. The van der Waals surface area contributed by atoms with E-state index in [0.29, 0.717) is 0 Å². The molecule has 9 heavy (non-hydrogen) atoms. The first-order valence-corrected chi connectivity index (χ1v) is 2.14. The Bertz CT molecular complexity index is 45.1. The summed E-state index contributed by atoms with van der Waals surface area (Å²) in [6.07, 6.45) is -1.75. The molecular weight excluding hydrogens is 305 g/mol. The van der Waals surface area contributed by atoms with Crippen molar-refractivity contribution in [2.24, 2.45) is 0 Å². The van der Waals surface area contributed by atoms with Gasteiger partial charge in [-0.2, -0.15) is 0 Å². The van der Waals surface area contributed by atoms with E-state index in [2.05, 4.69) is 4.74 Å². The molecule has 2 atom stereocenters. The normalized spacial score (nSPS) is 14.7. The standard InChI is InChI=1S/C4H10O3.H3N.Pt/c1-3(5)7-4(2)6;;/h3-6H,1-2H3;1H3;. The summed E-state index contributed by atoms with van der Waals surface area (Å²) in [5.74, 6) is 0. The molecule has 0 amide bonds. The first-order chi connectivity index (χ1) is 3.13. The smallest absolute Gasteiger partial charge is 0.154 e. The predicted molar refractivity (Wildman–Crippen MR) is 29.5 cm³/mol. The van der Waals surface area contributed by atoms with Crippen LogP contribution in [0.4, 0.5) is 0 Å². The van der Waals surface area contributed by atoms with E-state index in [0.717, 1.165) is 0 Å². The topological polar surface area (TPSA) is 84.7 Å². The van der Waals surface area contributed by atoms with E-state index >= 15 is 0 Å². The summed E-state index contributed by atoms with van der Waals surface area (Å²) >= 11 is 0. The van der Waals surface area contributed by atoms with Crippen molar-refractivity contribution in [1.29, 1.82) is 0 Å². The number of aliphatic hydroxyl groups is 2. The quantitative estimate of drug-likeness (QED) is 0.618. The van der Waals surface area contributed by atoms with Gasteiger partial charge in [0.25, 0.3) is 0 Å². The molecule has 0 saturated carbocycles. The van der Waals surface area contributed by atoms with Crippen LogP contribution in [0.1, 0.15) is 13.8 Å². The third-order valence-corrected chi connectivity index (χ3v) is 0.394. The summed E-state index contributed by atoms with van der Waals surface area (Å²) in [6, 6.07) is 0. The van der Waals surface area contributed by atoms with Gasteiger partial charge in [0, 0.05) is 21.1 Å². The van der Waals surface area contributed by atoms with Crippen LogP contribution < -0.4 is 6.15 Å². The summed E-state index contributed by atoms with van der Waals surface area (Å²) in [6.45, 7) is 2.87. The Kier molecular flexibility index (Phi) is 15.4. The first-order valence-electron chi connectivity index (χ1n) is 2.14. The van der Waals surface area contributed by atoms with E-state index < -0.39 is 12.6 Å². The number of ether oxygens (including phenoxy) is 1. The van der Waals surface area contributed by atoms with Crippen molar-refractivity contribution in [1.82, 2.24) is 6.15 Å². The molecular formula is C4H13NO3Pt. The Morgan fingerprint density at radius 1 is 1.11 bits per heavy atom. The second kappa shape index (κ2) is 8.53. The van der Waals surface area contributed by atoms with Gasteiger partial charge in [-0.1, -0.05) is 0 Å². The van der Waals surface area contributed by atoms with E-state index in [1.54, 1.807) is 0 Å². The van der Waals surface area contributed by atoms with Crippen LogP contribution in [0.2, 0.25) is 0 Å². The maximum Gasteiger partial charge on any atom is 0.154 e. The van der Waals surface area contributed by atoms with Crippen molar-refractivity contribution in [3.8, 4) is 0 Å². The monoisotopic (exact) mass is 318 g/mol. The van der Waals surface area contributed by atoms with Crippen molar-refractivity contribution >= 4 is 0 Å². The second-order valence-electron chi connectivity index (χ2n) is 1.33. The van der Waals surface area contributed by atoms with Gasteiger partial charge in [-0.3, -0.25) is 0 Å².